The van der Waals surface area contributed by atoms with Gasteiger partial charge in [-0.3, -0.25) is 9.59 Å². The lowest BCUT2D eigenvalue weighted by Gasteiger charge is -2.25. The summed E-state index contributed by atoms with van der Waals surface area (Å²) in [4.78, 5) is 49.5. The monoisotopic (exact) mass is 694 g/mol. The lowest BCUT2D eigenvalue weighted by Crippen LogP contribution is -2.47. The second-order valence-electron chi connectivity index (χ2n) is 13.2. The van der Waals surface area contributed by atoms with Gasteiger partial charge in [-0.2, -0.15) is 0 Å². The molecule has 0 saturated carbocycles. The zero-order chi connectivity index (χ0) is 36.1. The molecule has 0 fully saturated rings. The van der Waals surface area contributed by atoms with Gasteiger partial charge < -0.3 is 18.9 Å². The summed E-state index contributed by atoms with van der Waals surface area (Å²) >= 11 is 0. The summed E-state index contributed by atoms with van der Waals surface area (Å²) in [5.74, 6) is -1.12. The molecule has 0 spiro atoms. The topological polar surface area (TPSA) is 105 Å². The van der Waals surface area contributed by atoms with E-state index >= 15 is 0 Å². The number of carbonyl (C=O) groups is 4. The SMILES string of the molecule is CCCCCCCCCCCCOC(C(=O)Oc1ccc(C=O)cc1)C(OCCCCCCCCCCCC)C(=O)Oc1ccc(C=O)cc1. The highest BCUT2D eigenvalue weighted by molar-refractivity contribution is 5.88. The van der Waals surface area contributed by atoms with E-state index in [0.29, 0.717) is 23.7 Å². The first-order valence-electron chi connectivity index (χ1n) is 19.3. The van der Waals surface area contributed by atoms with E-state index in [0.717, 1.165) is 51.4 Å². The van der Waals surface area contributed by atoms with Gasteiger partial charge in [0.2, 0.25) is 0 Å². The predicted octanol–water partition coefficient (Wildman–Crippen LogP) is 10.4. The Morgan fingerprint density at radius 2 is 0.740 bits per heavy atom. The van der Waals surface area contributed by atoms with E-state index in [9.17, 15) is 19.2 Å². The highest BCUT2D eigenvalue weighted by atomic mass is 16.6. The highest BCUT2D eigenvalue weighted by Crippen LogP contribution is 2.20. The van der Waals surface area contributed by atoms with E-state index in [1.165, 1.54) is 101 Å². The van der Waals surface area contributed by atoms with E-state index in [1.807, 2.05) is 0 Å². The molecule has 2 aromatic rings. The summed E-state index contributed by atoms with van der Waals surface area (Å²) < 4.78 is 23.5. The minimum Gasteiger partial charge on any atom is -0.425 e. The van der Waals surface area contributed by atoms with Crippen molar-refractivity contribution in [1.29, 1.82) is 0 Å². The summed E-state index contributed by atoms with van der Waals surface area (Å²) in [7, 11) is 0. The maximum absolute atomic E-state index is 13.6. The molecule has 2 atom stereocenters. The third-order valence-corrected chi connectivity index (χ3v) is 8.80. The zero-order valence-corrected chi connectivity index (χ0v) is 30.8. The molecule has 278 valence electrons. The van der Waals surface area contributed by atoms with Crippen molar-refractivity contribution in [3.05, 3.63) is 59.7 Å². The molecule has 0 bridgehead atoms. The van der Waals surface area contributed by atoms with Gasteiger partial charge in [0.25, 0.3) is 0 Å². The molecular weight excluding hydrogens is 632 g/mol. The molecular formula is C42H62O8. The van der Waals surface area contributed by atoms with E-state index in [1.54, 1.807) is 24.3 Å². The minimum atomic E-state index is -1.37. The number of aldehydes is 2. The van der Waals surface area contributed by atoms with Gasteiger partial charge in [-0.25, -0.2) is 9.59 Å². The Hall–Kier alpha value is -3.36. The van der Waals surface area contributed by atoms with Crippen molar-refractivity contribution in [2.45, 2.75) is 154 Å². The Labute approximate surface area is 301 Å². The molecule has 0 aliphatic heterocycles. The van der Waals surface area contributed by atoms with Crippen LogP contribution in [-0.4, -0.2) is 49.9 Å². The fourth-order valence-corrected chi connectivity index (χ4v) is 5.74. The van der Waals surface area contributed by atoms with Crippen molar-refractivity contribution in [3.63, 3.8) is 0 Å². The number of hydrogen-bond donors (Lipinski definition) is 0. The Morgan fingerprint density at radius 1 is 0.460 bits per heavy atom. The molecule has 0 aliphatic carbocycles. The molecule has 0 amide bonds. The standard InChI is InChI=1S/C42H62O8/c1-3-5-7-9-11-13-15-17-19-21-31-47-39(41(45)49-37-27-23-35(33-43)24-28-37)40(42(46)50-38-29-25-36(34-44)26-30-38)48-32-22-20-18-16-14-12-10-8-6-4-2/h23-30,33-34,39-40H,3-22,31-32H2,1-2H3. The smallest absolute Gasteiger partial charge is 0.344 e. The maximum atomic E-state index is 13.6. The molecule has 50 heavy (non-hydrogen) atoms. The lowest BCUT2D eigenvalue weighted by molar-refractivity contribution is -0.173. The van der Waals surface area contributed by atoms with Crippen molar-refractivity contribution in [3.8, 4) is 11.5 Å². The van der Waals surface area contributed by atoms with Crippen molar-refractivity contribution in [1.82, 2.24) is 0 Å². The number of hydrogen-bond acceptors (Lipinski definition) is 8. The normalized spacial score (nSPS) is 12.3. The van der Waals surface area contributed by atoms with E-state index in [-0.39, 0.29) is 24.7 Å². The molecule has 0 N–H and O–H groups in total. The summed E-state index contributed by atoms with van der Waals surface area (Å²) in [5.41, 5.74) is 0.890. The van der Waals surface area contributed by atoms with Crippen LogP contribution in [0.25, 0.3) is 0 Å². The average molecular weight is 695 g/mol. The van der Waals surface area contributed by atoms with Crippen LogP contribution in [-0.2, 0) is 19.1 Å². The van der Waals surface area contributed by atoms with Crippen LogP contribution >= 0.6 is 0 Å². The van der Waals surface area contributed by atoms with E-state index in [4.69, 9.17) is 18.9 Å². The Bertz CT molecular complexity index is 1080. The first-order chi connectivity index (χ1) is 24.5. The maximum Gasteiger partial charge on any atom is 0.344 e. The van der Waals surface area contributed by atoms with Crippen LogP contribution in [0, 0.1) is 0 Å². The number of rotatable bonds is 31. The lowest BCUT2D eigenvalue weighted by atomic mass is 10.1. The van der Waals surface area contributed by atoms with Crippen LogP contribution in [0.2, 0.25) is 0 Å². The van der Waals surface area contributed by atoms with Crippen LogP contribution in [0.4, 0.5) is 0 Å². The minimum absolute atomic E-state index is 0.222. The molecule has 8 heteroatoms. The van der Waals surface area contributed by atoms with E-state index in [2.05, 4.69) is 13.8 Å². The van der Waals surface area contributed by atoms with Gasteiger partial charge in [-0.1, -0.05) is 129 Å². The van der Waals surface area contributed by atoms with Gasteiger partial charge in [0, 0.05) is 24.3 Å². The number of unbranched alkanes of at least 4 members (excludes halogenated alkanes) is 18. The Morgan fingerprint density at radius 3 is 1.02 bits per heavy atom. The molecule has 8 nitrogen and oxygen atoms in total. The van der Waals surface area contributed by atoms with Gasteiger partial charge in [-0.15, -0.1) is 0 Å². The quantitative estimate of drug-likeness (QED) is 0.0332. The van der Waals surface area contributed by atoms with Crippen LogP contribution in [0.1, 0.15) is 163 Å². The molecule has 0 radical (unpaired) electrons. The third kappa shape index (κ3) is 19.1. The second kappa shape index (κ2) is 28.3. The number of ether oxygens (including phenoxy) is 4. The van der Waals surface area contributed by atoms with Gasteiger partial charge in [0.15, 0.2) is 12.2 Å². The Balaban J connectivity index is 2.05. The molecule has 0 saturated heterocycles. The summed E-state index contributed by atoms with van der Waals surface area (Å²) in [6.07, 6.45) is 21.7. The fraction of sp³-hybridized carbons (Fsp3) is 0.619. The molecule has 0 aromatic heterocycles. The van der Waals surface area contributed by atoms with Gasteiger partial charge in [0.05, 0.1) is 0 Å². The molecule has 0 aliphatic rings. The van der Waals surface area contributed by atoms with Crippen molar-refractivity contribution < 1.29 is 38.1 Å². The number of carbonyl (C=O) groups excluding carboxylic acids is 4. The van der Waals surface area contributed by atoms with Crippen molar-refractivity contribution in [2.75, 3.05) is 13.2 Å². The van der Waals surface area contributed by atoms with Crippen LogP contribution < -0.4 is 9.47 Å². The largest absolute Gasteiger partial charge is 0.425 e. The molecule has 2 aromatic carbocycles. The van der Waals surface area contributed by atoms with Gasteiger partial charge in [-0.05, 0) is 61.4 Å². The van der Waals surface area contributed by atoms with Crippen LogP contribution in [0.15, 0.2) is 48.5 Å². The summed E-state index contributed by atoms with van der Waals surface area (Å²) in [5, 5.41) is 0. The number of esters is 2. The average Bonchev–Trinajstić information content (AvgIpc) is 3.13. The predicted molar refractivity (Wildman–Crippen MR) is 198 cm³/mol. The fourth-order valence-electron chi connectivity index (χ4n) is 5.74. The Kier molecular flexibility index (Phi) is 24.3. The molecule has 2 rings (SSSR count). The molecule has 0 heterocycles. The first kappa shape index (κ1) is 42.8. The van der Waals surface area contributed by atoms with Gasteiger partial charge >= 0.3 is 11.9 Å². The third-order valence-electron chi connectivity index (χ3n) is 8.80. The van der Waals surface area contributed by atoms with Crippen molar-refractivity contribution in [2.24, 2.45) is 0 Å². The highest BCUT2D eigenvalue weighted by Gasteiger charge is 2.39. The van der Waals surface area contributed by atoms with Gasteiger partial charge in [0.1, 0.15) is 24.1 Å². The first-order valence-corrected chi connectivity index (χ1v) is 19.3. The summed E-state index contributed by atoms with van der Waals surface area (Å²) in [6.45, 7) is 4.95. The van der Waals surface area contributed by atoms with Crippen LogP contribution in [0.3, 0.4) is 0 Å². The zero-order valence-electron chi connectivity index (χ0n) is 30.8. The van der Waals surface area contributed by atoms with Crippen LogP contribution in [0.5, 0.6) is 11.5 Å². The van der Waals surface area contributed by atoms with Crippen molar-refractivity contribution >= 4 is 24.5 Å². The number of benzene rings is 2. The molecule has 2 unspecified atom stereocenters. The van der Waals surface area contributed by atoms with E-state index < -0.39 is 24.1 Å². The second-order valence-corrected chi connectivity index (χ2v) is 13.2. The summed E-state index contributed by atoms with van der Waals surface area (Å²) in [6, 6.07) is 12.3.